The molecule has 0 unspecified atom stereocenters. The van der Waals surface area contributed by atoms with Crippen molar-refractivity contribution >= 4 is 25.8 Å². The van der Waals surface area contributed by atoms with Crippen molar-refractivity contribution in [3.63, 3.8) is 0 Å². The standard InChI is InChI=1S/C6H13.Pb/c1-3-5-6-4-2;/h1,3-6H2,2H3;. The fraction of sp³-hybridized carbons (Fsp3) is 1.00. The summed E-state index contributed by atoms with van der Waals surface area (Å²) in [6.45, 7) is 2.26. The van der Waals surface area contributed by atoms with E-state index in [-0.39, 0.29) is 0 Å². The minimum absolute atomic E-state index is 1.38. The molecule has 0 saturated heterocycles. The third-order valence-electron chi connectivity index (χ3n) is 1.03. The van der Waals surface area contributed by atoms with Crippen LogP contribution in [0.1, 0.15) is 32.6 Å². The minimum atomic E-state index is 1.38. The molecule has 41 valence electrons. The Morgan fingerprint density at radius 3 is 2.29 bits per heavy atom. The second-order valence-corrected chi connectivity index (χ2v) is 3.75. The van der Waals surface area contributed by atoms with Crippen molar-refractivity contribution in [2.24, 2.45) is 0 Å². The normalized spacial score (nSPS) is 9.43. The summed E-state index contributed by atoms with van der Waals surface area (Å²) in [5, 5.41) is 0. The Hall–Kier alpha value is 0.922. The van der Waals surface area contributed by atoms with Crippen molar-refractivity contribution in [2.45, 2.75) is 36.6 Å². The van der Waals surface area contributed by atoms with E-state index in [1.165, 1.54) is 55.4 Å². The Morgan fingerprint density at radius 1 is 1.14 bits per heavy atom. The van der Waals surface area contributed by atoms with Crippen molar-refractivity contribution in [3.05, 3.63) is 0 Å². The van der Waals surface area contributed by atoms with E-state index in [9.17, 15) is 0 Å². The van der Waals surface area contributed by atoms with Crippen molar-refractivity contribution in [1.82, 2.24) is 0 Å². The second kappa shape index (κ2) is 6.92. The van der Waals surface area contributed by atoms with Crippen LogP contribution >= 0.6 is 0 Å². The fourth-order valence-corrected chi connectivity index (χ4v) is 1.52. The first kappa shape index (κ1) is 7.92. The average molecular weight is 292 g/mol. The molecule has 0 nitrogen and oxygen atoms in total. The van der Waals surface area contributed by atoms with Crippen molar-refractivity contribution in [3.8, 4) is 0 Å². The van der Waals surface area contributed by atoms with Gasteiger partial charge in [0.2, 0.25) is 0 Å². The van der Waals surface area contributed by atoms with Gasteiger partial charge in [0.25, 0.3) is 0 Å². The number of hydrogen-bond acceptors (Lipinski definition) is 0. The van der Waals surface area contributed by atoms with Gasteiger partial charge < -0.3 is 0 Å². The van der Waals surface area contributed by atoms with Crippen LogP contribution in [0.15, 0.2) is 0 Å². The Balaban J connectivity index is 2.45. The summed E-state index contributed by atoms with van der Waals surface area (Å²) in [5.74, 6) is 0. The number of unbranched alkanes of at least 4 members (excludes halogenated alkanes) is 3. The van der Waals surface area contributed by atoms with E-state index in [0.717, 1.165) is 0 Å². The average Bonchev–Trinajstić information content (AvgIpc) is 1.69. The molecular weight excluding hydrogens is 279 g/mol. The van der Waals surface area contributed by atoms with Gasteiger partial charge in [-0.05, 0) is 0 Å². The van der Waals surface area contributed by atoms with Gasteiger partial charge >= 0.3 is 62.4 Å². The molecule has 0 aromatic carbocycles. The van der Waals surface area contributed by atoms with Gasteiger partial charge in [-0.3, -0.25) is 0 Å². The van der Waals surface area contributed by atoms with Crippen LogP contribution in [0, 0.1) is 0 Å². The second-order valence-electron chi connectivity index (χ2n) is 1.81. The van der Waals surface area contributed by atoms with Crippen LogP contribution in [0.25, 0.3) is 0 Å². The van der Waals surface area contributed by atoms with Crippen LogP contribution in [0.2, 0.25) is 3.98 Å². The van der Waals surface area contributed by atoms with Crippen LogP contribution in [-0.2, 0) is 0 Å². The predicted molar refractivity (Wildman–Crippen MR) is 34.7 cm³/mol. The van der Waals surface area contributed by atoms with Gasteiger partial charge in [0.05, 0.1) is 0 Å². The molecule has 0 amide bonds. The molecule has 0 atom stereocenters. The molecule has 0 N–H and O–H groups in total. The molecule has 0 rings (SSSR count). The van der Waals surface area contributed by atoms with Crippen LogP contribution in [0.5, 0.6) is 0 Å². The summed E-state index contributed by atoms with van der Waals surface area (Å²) >= 11 is 1.41. The quantitative estimate of drug-likeness (QED) is 0.550. The van der Waals surface area contributed by atoms with E-state index in [2.05, 4.69) is 6.92 Å². The first-order valence-electron chi connectivity index (χ1n) is 3.06. The van der Waals surface area contributed by atoms with Gasteiger partial charge in [-0.2, -0.15) is 0 Å². The molecule has 0 aliphatic rings. The topological polar surface area (TPSA) is 0 Å². The van der Waals surface area contributed by atoms with E-state index in [0.29, 0.717) is 0 Å². The monoisotopic (exact) mass is 293 g/mol. The van der Waals surface area contributed by atoms with Crippen molar-refractivity contribution in [2.75, 3.05) is 0 Å². The number of hydrogen-bond donors (Lipinski definition) is 0. The third kappa shape index (κ3) is 6.92. The molecule has 0 aromatic heterocycles. The van der Waals surface area contributed by atoms with E-state index in [4.69, 9.17) is 0 Å². The summed E-state index contributed by atoms with van der Waals surface area (Å²) in [4.78, 5) is 0. The maximum atomic E-state index is 2.26. The fourth-order valence-electron chi connectivity index (χ4n) is 0.552. The molecule has 0 aliphatic carbocycles. The van der Waals surface area contributed by atoms with E-state index in [1.807, 2.05) is 0 Å². The summed E-state index contributed by atoms with van der Waals surface area (Å²) in [5.41, 5.74) is 0. The molecule has 7 heavy (non-hydrogen) atoms. The molecule has 1 heteroatoms. The Labute approximate surface area is 62.4 Å². The maximum absolute atomic E-state index is 2.26. The van der Waals surface area contributed by atoms with Crippen molar-refractivity contribution < 1.29 is 0 Å². The van der Waals surface area contributed by atoms with Gasteiger partial charge in [0, 0.05) is 0 Å². The van der Waals surface area contributed by atoms with Crippen molar-refractivity contribution in [1.29, 1.82) is 0 Å². The molecule has 0 saturated carbocycles. The summed E-state index contributed by atoms with van der Waals surface area (Å²) in [7, 11) is 0. The van der Waals surface area contributed by atoms with Crippen LogP contribution in [0.3, 0.4) is 0 Å². The molecule has 0 aromatic rings. The first-order chi connectivity index (χ1) is 3.41. The van der Waals surface area contributed by atoms with Gasteiger partial charge in [0.1, 0.15) is 0 Å². The predicted octanol–water partition coefficient (Wildman–Crippen LogP) is 2.15. The molecular formula is C6H13Pb. The van der Waals surface area contributed by atoms with Gasteiger partial charge in [-0.15, -0.1) is 0 Å². The SMILES string of the molecule is CCCCC[CH2][Pb]. The first-order valence-corrected chi connectivity index (χ1v) is 5.81. The van der Waals surface area contributed by atoms with Crippen LogP contribution < -0.4 is 0 Å². The summed E-state index contributed by atoms with van der Waals surface area (Å²) in [6, 6.07) is 0. The van der Waals surface area contributed by atoms with E-state index in [1.54, 1.807) is 0 Å². The van der Waals surface area contributed by atoms with E-state index < -0.39 is 0 Å². The Morgan fingerprint density at radius 2 is 1.86 bits per heavy atom. The zero-order chi connectivity index (χ0) is 5.54. The Bertz CT molecular complexity index is 23.4. The molecule has 0 spiro atoms. The third-order valence-corrected chi connectivity index (χ3v) is 2.40. The van der Waals surface area contributed by atoms with Gasteiger partial charge in [-0.25, -0.2) is 0 Å². The molecule has 3 radical (unpaired) electrons. The summed E-state index contributed by atoms with van der Waals surface area (Å²) < 4.78 is 1.50. The molecule has 0 bridgehead atoms. The molecule has 0 fully saturated rings. The number of rotatable bonds is 4. The van der Waals surface area contributed by atoms with Gasteiger partial charge in [0.15, 0.2) is 0 Å². The molecule has 0 aliphatic heterocycles. The Kier molecular flexibility index (Phi) is 7.83. The van der Waals surface area contributed by atoms with Gasteiger partial charge in [-0.1, -0.05) is 0 Å². The molecule has 0 heterocycles. The summed E-state index contributed by atoms with van der Waals surface area (Å²) in [6.07, 6.45) is 5.78. The van der Waals surface area contributed by atoms with Crippen LogP contribution in [-0.4, -0.2) is 25.8 Å². The van der Waals surface area contributed by atoms with Crippen LogP contribution in [0.4, 0.5) is 0 Å². The zero-order valence-electron chi connectivity index (χ0n) is 5.04. The zero-order valence-corrected chi connectivity index (χ0v) is 8.92. The van der Waals surface area contributed by atoms with E-state index >= 15 is 0 Å².